The monoisotopic (exact) mass is 436 g/mol. The van der Waals surface area contributed by atoms with E-state index in [2.05, 4.69) is 22.9 Å². The summed E-state index contributed by atoms with van der Waals surface area (Å²) in [5.41, 5.74) is 7.45. The SMILES string of the molecule is CC(C)Oc1ccc(C2N=C(c3cccc4c3CCC4NC(CO)CO)NO2)cc1C#N. The number of rotatable bonds is 8. The maximum atomic E-state index is 9.50. The highest BCUT2D eigenvalue weighted by Gasteiger charge is 2.30. The van der Waals surface area contributed by atoms with Crippen molar-refractivity contribution in [2.45, 2.75) is 51.1 Å². The number of hydrogen-bond acceptors (Lipinski definition) is 8. The molecule has 4 rings (SSSR count). The van der Waals surface area contributed by atoms with Crippen LogP contribution in [0.25, 0.3) is 0 Å². The number of amidine groups is 1. The zero-order valence-corrected chi connectivity index (χ0v) is 18.2. The molecule has 1 heterocycles. The van der Waals surface area contributed by atoms with Crippen LogP contribution in [0.4, 0.5) is 0 Å². The summed E-state index contributed by atoms with van der Waals surface area (Å²) in [4.78, 5) is 10.4. The molecule has 32 heavy (non-hydrogen) atoms. The lowest BCUT2D eigenvalue weighted by Crippen LogP contribution is -2.37. The summed E-state index contributed by atoms with van der Waals surface area (Å²) in [5, 5.41) is 31.6. The van der Waals surface area contributed by atoms with Gasteiger partial charge in [-0.3, -0.25) is 0 Å². The Morgan fingerprint density at radius 1 is 1.28 bits per heavy atom. The normalized spacial score (nSPS) is 19.6. The molecule has 2 aromatic carbocycles. The Bertz CT molecular complexity index is 1040. The van der Waals surface area contributed by atoms with E-state index in [1.54, 1.807) is 12.1 Å². The number of nitrogens with one attached hydrogen (secondary N) is 2. The first-order valence-electron chi connectivity index (χ1n) is 10.8. The van der Waals surface area contributed by atoms with Crippen molar-refractivity contribution in [2.75, 3.05) is 13.2 Å². The summed E-state index contributed by atoms with van der Waals surface area (Å²) in [6, 6.07) is 13.3. The molecule has 0 saturated carbocycles. The van der Waals surface area contributed by atoms with Crippen molar-refractivity contribution in [1.82, 2.24) is 10.8 Å². The van der Waals surface area contributed by atoms with Crippen LogP contribution in [-0.2, 0) is 11.3 Å². The molecule has 0 spiro atoms. The summed E-state index contributed by atoms with van der Waals surface area (Å²) in [6.07, 6.45) is 1.15. The minimum absolute atomic E-state index is 0.0227. The zero-order valence-electron chi connectivity index (χ0n) is 18.2. The Morgan fingerprint density at radius 2 is 2.09 bits per heavy atom. The van der Waals surface area contributed by atoms with E-state index in [1.165, 1.54) is 5.56 Å². The Hall–Kier alpha value is -2.96. The summed E-state index contributed by atoms with van der Waals surface area (Å²) in [5.74, 6) is 1.19. The van der Waals surface area contributed by atoms with Gasteiger partial charge in [-0.05, 0) is 49.9 Å². The number of ether oxygens (including phenoxy) is 1. The highest BCUT2D eigenvalue weighted by molar-refractivity contribution is 6.00. The van der Waals surface area contributed by atoms with Crippen molar-refractivity contribution in [2.24, 2.45) is 4.99 Å². The average molecular weight is 437 g/mol. The van der Waals surface area contributed by atoms with Crippen LogP contribution in [-0.4, -0.2) is 41.4 Å². The molecule has 4 N–H and O–H groups in total. The first kappa shape index (κ1) is 22.2. The van der Waals surface area contributed by atoms with E-state index in [0.29, 0.717) is 17.1 Å². The first-order chi connectivity index (χ1) is 15.5. The van der Waals surface area contributed by atoms with Crippen molar-refractivity contribution in [3.63, 3.8) is 0 Å². The van der Waals surface area contributed by atoms with E-state index in [4.69, 9.17) is 14.6 Å². The van der Waals surface area contributed by atoms with Crippen molar-refractivity contribution in [3.8, 4) is 11.8 Å². The van der Waals surface area contributed by atoms with Gasteiger partial charge in [0.2, 0.25) is 6.23 Å². The van der Waals surface area contributed by atoms with Gasteiger partial charge < -0.3 is 20.3 Å². The van der Waals surface area contributed by atoms with E-state index >= 15 is 0 Å². The molecular formula is C24H28N4O4. The van der Waals surface area contributed by atoms with Gasteiger partial charge in [0, 0.05) is 17.2 Å². The predicted molar refractivity (Wildman–Crippen MR) is 119 cm³/mol. The van der Waals surface area contributed by atoms with E-state index in [0.717, 1.165) is 29.5 Å². The third kappa shape index (κ3) is 4.47. The standard InChI is InChI=1S/C24H28N4O4/c1-14(2)31-22-9-6-15(10-16(22)11-25)24-27-23(28-32-24)20-5-3-4-19-18(20)7-8-21(19)26-17(12-29)13-30/h3-6,9-10,14,17,21,24,26,29-30H,7-8,12-13H2,1-2H3,(H,27,28). The van der Waals surface area contributed by atoms with E-state index in [9.17, 15) is 15.5 Å². The third-order valence-corrected chi connectivity index (χ3v) is 5.69. The van der Waals surface area contributed by atoms with E-state index < -0.39 is 6.23 Å². The fourth-order valence-electron chi connectivity index (χ4n) is 4.19. The number of nitriles is 1. The second-order valence-corrected chi connectivity index (χ2v) is 8.28. The molecule has 2 atom stereocenters. The number of aliphatic hydroxyl groups is 2. The largest absolute Gasteiger partial charge is 0.490 e. The highest BCUT2D eigenvalue weighted by Crippen LogP contribution is 2.35. The van der Waals surface area contributed by atoms with Gasteiger partial charge in [0.25, 0.3) is 0 Å². The lowest BCUT2D eigenvalue weighted by molar-refractivity contribution is 0.0376. The van der Waals surface area contributed by atoms with Crippen molar-refractivity contribution < 1.29 is 19.8 Å². The number of hydrogen-bond donors (Lipinski definition) is 4. The van der Waals surface area contributed by atoms with Gasteiger partial charge in [-0.2, -0.15) is 5.26 Å². The molecule has 0 bridgehead atoms. The summed E-state index contributed by atoms with van der Waals surface area (Å²) in [7, 11) is 0. The van der Waals surface area contributed by atoms with Gasteiger partial charge in [-0.1, -0.05) is 24.3 Å². The molecule has 0 aromatic heterocycles. The molecule has 2 unspecified atom stereocenters. The Balaban J connectivity index is 1.57. The van der Waals surface area contributed by atoms with Gasteiger partial charge in [0.05, 0.1) is 30.9 Å². The molecular weight excluding hydrogens is 408 g/mol. The van der Waals surface area contributed by atoms with Crippen LogP contribution in [0.15, 0.2) is 41.4 Å². The molecule has 8 heteroatoms. The first-order valence-corrected chi connectivity index (χ1v) is 10.8. The van der Waals surface area contributed by atoms with E-state index in [-0.39, 0.29) is 31.4 Å². The number of hydroxylamine groups is 1. The van der Waals surface area contributed by atoms with Crippen LogP contribution in [0.3, 0.4) is 0 Å². The van der Waals surface area contributed by atoms with Crippen LogP contribution < -0.4 is 15.5 Å². The summed E-state index contributed by atoms with van der Waals surface area (Å²) < 4.78 is 5.70. The summed E-state index contributed by atoms with van der Waals surface area (Å²) in [6.45, 7) is 3.61. The van der Waals surface area contributed by atoms with Crippen molar-refractivity contribution in [1.29, 1.82) is 5.26 Å². The van der Waals surface area contributed by atoms with E-state index in [1.807, 2.05) is 32.0 Å². The maximum Gasteiger partial charge on any atom is 0.202 e. The number of aliphatic hydroxyl groups excluding tert-OH is 2. The topological polar surface area (TPSA) is 119 Å². The van der Waals surface area contributed by atoms with Gasteiger partial charge in [-0.25, -0.2) is 15.3 Å². The number of nitrogens with zero attached hydrogens (tertiary/aromatic N) is 2. The predicted octanol–water partition coefficient (Wildman–Crippen LogP) is 2.26. The molecule has 8 nitrogen and oxygen atoms in total. The van der Waals surface area contributed by atoms with Crippen LogP contribution >= 0.6 is 0 Å². The smallest absolute Gasteiger partial charge is 0.202 e. The highest BCUT2D eigenvalue weighted by atomic mass is 16.7. The van der Waals surface area contributed by atoms with Gasteiger partial charge in [-0.15, -0.1) is 0 Å². The van der Waals surface area contributed by atoms with Gasteiger partial charge in [0.1, 0.15) is 11.8 Å². The molecule has 168 valence electrons. The third-order valence-electron chi connectivity index (χ3n) is 5.69. The fraction of sp³-hybridized carbons (Fsp3) is 0.417. The molecule has 1 aliphatic heterocycles. The summed E-state index contributed by atoms with van der Waals surface area (Å²) >= 11 is 0. The zero-order chi connectivity index (χ0) is 22.7. The van der Waals surface area contributed by atoms with Crippen LogP contribution in [0.5, 0.6) is 5.75 Å². The van der Waals surface area contributed by atoms with Gasteiger partial charge in [0.15, 0.2) is 5.84 Å². The molecule has 2 aromatic rings. The van der Waals surface area contributed by atoms with Crippen molar-refractivity contribution in [3.05, 3.63) is 64.2 Å². The lowest BCUT2D eigenvalue weighted by atomic mass is 10.0. The van der Waals surface area contributed by atoms with Crippen molar-refractivity contribution >= 4 is 5.84 Å². The average Bonchev–Trinajstić information content (AvgIpc) is 3.45. The molecule has 0 fully saturated rings. The van der Waals surface area contributed by atoms with Crippen LogP contribution in [0.1, 0.15) is 60.4 Å². The second kappa shape index (κ2) is 9.67. The minimum Gasteiger partial charge on any atom is -0.490 e. The maximum absolute atomic E-state index is 9.50. The molecule has 2 aliphatic rings. The van der Waals surface area contributed by atoms with Crippen LogP contribution in [0, 0.1) is 11.3 Å². The number of benzene rings is 2. The lowest BCUT2D eigenvalue weighted by Gasteiger charge is -2.20. The van der Waals surface area contributed by atoms with Crippen LogP contribution in [0.2, 0.25) is 0 Å². The number of fused-ring (bicyclic) bond motifs is 1. The molecule has 0 saturated heterocycles. The fourth-order valence-corrected chi connectivity index (χ4v) is 4.19. The minimum atomic E-state index is -0.565. The Morgan fingerprint density at radius 3 is 2.81 bits per heavy atom. The number of aliphatic imine (C=N–C) groups is 1. The molecule has 0 amide bonds. The second-order valence-electron chi connectivity index (χ2n) is 8.28. The van der Waals surface area contributed by atoms with Gasteiger partial charge >= 0.3 is 0 Å². The molecule has 1 aliphatic carbocycles. The molecule has 0 radical (unpaired) electrons. The Kier molecular flexibility index (Phi) is 6.72. The quantitative estimate of drug-likeness (QED) is 0.501. The Labute approximate surface area is 187 Å².